The zero-order chi connectivity index (χ0) is 12.4. The number of nitrogens with zero attached hydrogens (tertiary/aromatic N) is 1. The topological polar surface area (TPSA) is 22.1 Å². The third-order valence-electron chi connectivity index (χ3n) is 3.01. The molecule has 0 saturated heterocycles. The zero-order valence-electron chi connectivity index (χ0n) is 10.6. The average Bonchev–Trinajstić information content (AvgIpc) is 2.37. The van der Waals surface area contributed by atoms with E-state index in [1.165, 1.54) is 5.56 Å². The molecule has 1 heterocycles. The quantitative estimate of drug-likeness (QED) is 0.791. The van der Waals surface area contributed by atoms with Gasteiger partial charge in [-0.15, -0.1) is 0 Å². The number of aromatic nitrogens is 1. The number of pyridine rings is 1. The van der Waals surface area contributed by atoms with Gasteiger partial charge in [-0.3, -0.25) is 0 Å². The predicted octanol–water partition coefficient (Wildman–Crippen LogP) is 3.98. The minimum Gasteiger partial charge on any atom is -0.497 e. The van der Waals surface area contributed by atoms with Gasteiger partial charge in [-0.1, -0.05) is 13.5 Å². The molecule has 88 valence electrons. The van der Waals surface area contributed by atoms with Gasteiger partial charge in [0, 0.05) is 5.39 Å². The first-order valence-corrected chi connectivity index (χ1v) is 5.79. The summed E-state index contributed by atoms with van der Waals surface area (Å²) in [6, 6.07) is 8.05. The number of fused-ring (bicyclic) bond motifs is 1. The van der Waals surface area contributed by atoms with Gasteiger partial charge in [0.1, 0.15) is 5.75 Å². The van der Waals surface area contributed by atoms with Gasteiger partial charge in [-0.25, -0.2) is 4.98 Å². The van der Waals surface area contributed by atoms with Gasteiger partial charge in [0.2, 0.25) is 0 Å². The van der Waals surface area contributed by atoms with E-state index in [1.807, 2.05) is 18.2 Å². The molecule has 0 fully saturated rings. The van der Waals surface area contributed by atoms with E-state index in [0.717, 1.165) is 34.3 Å². The van der Waals surface area contributed by atoms with Crippen LogP contribution in [-0.4, -0.2) is 12.1 Å². The maximum absolute atomic E-state index is 5.23. The van der Waals surface area contributed by atoms with Crippen molar-refractivity contribution in [1.82, 2.24) is 4.98 Å². The fraction of sp³-hybridized carbons (Fsp3) is 0.267. The molecule has 2 aromatic rings. The highest BCUT2D eigenvalue weighted by molar-refractivity contribution is 5.85. The van der Waals surface area contributed by atoms with Crippen LogP contribution in [0.1, 0.15) is 24.6 Å². The number of hydrogen-bond acceptors (Lipinski definition) is 2. The Bertz CT molecular complexity index is 572. The van der Waals surface area contributed by atoms with Crippen LogP contribution in [0.15, 0.2) is 30.8 Å². The lowest BCUT2D eigenvalue weighted by Gasteiger charge is -2.08. The standard InChI is InChI=1S/C15H17NO/c1-5-10(2)15-8-11(3)13-9-12(17-4)6-7-14(13)16-15/h6-9H,2,5H2,1,3-4H3. The molecule has 2 nitrogen and oxygen atoms in total. The largest absolute Gasteiger partial charge is 0.497 e. The van der Waals surface area contributed by atoms with Gasteiger partial charge in [-0.2, -0.15) is 0 Å². The van der Waals surface area contributed by atoms with Crippen LogP contribution in [0.2, 0.25) is 0 Å². The Hall–Kier alpha value is -1.83. The summed E-state index contributed by atoms with van der Waals surface area (Å²) in [7, 11) is 1.68. The minimum atomic E-state index is 0.865. The monoisotopic (exact) mass is 227 g/mol. The van der Waals surface area contributed by atoms with E-state index >= 15 is 0 Å². The molecule has 0 radical (unpaired) electrons. The van der Waals surface area contributed by atoms with E-state index in [2.05, 4.69) is 31.5 Å². The lowest BCUT2D eigenvalue weighted by atomic mass is 10.0. The SMILES string of the molecule is C=C(CC)c1cc(C)c2cc(OC)ccc2n1. The molecule has 1 aromatic heterocycles. The zero-order valence-corrected chi connectivity index (χ0v) is 10.6. The summed E-state index contributed by atoms with van der Waals surface area (Å²) in [4.78, 5) is 4.63. The molecule has 2 rings (SSSR count). The van der Waals surface area contributed by atoms with Crippen LogP contribution in [0, 0.1) is 6.92 Å². The molecule has 0 aliphatic carbocycles. The number of rotatable bonds is 3. The van der Waals surface area contributed by atoms with Crippen LogP contribution >= 0.6 is 0 Å². The second kappa shape index (κ2) is 4.58. The summed E-state index contributed by atoms with van der Waals surface area (Å²) in [5, 5.41) is 1.14. The normalized spacial score (nSPS) is 10.5. The third-order valence-corrected chi connectivity index (χ3v) is 3.01. The highest BCUT2D eigenvalue weighted by Crippen LogP contribution is 2.25. The Labute approximate surface area is 102 Å². The smallest absolute Gasteiger partial charge is 0.119 e. The Morgan fingerprint density at radius 3 is 2.76 bits per heavy atom. The van der Waals surface area contributed by atoms with E-state index in [1.54, 1.807) is 7.11 Å². The lowest BCUT2D eigenvalue weighted by Crippen LogP contribution is -1.92. The second-order valence-corrected chi connectivity index (χ2v) is 4.16. The van der Waals surface area contributed by atoms with Gasteiger partial charge in [-0.05, 0) is 48.7 Å². The minimum absolute atomic E-state index is 0.865. The highest BCUT2D eigenvalue weighted by atomic mass is 16.5. The summed E-state index contributed by atoms with van der Waals surface area (Å²) < 4.78 is 5.23. The summed E-state index contributed by atoms with van der Waals surface area (Å²) >= 11 is 0. The molecular formula is C15H17NO. The molecule has 1 aromatic carbocycles. The first-order valence-electron chi connectivity index (χ1n) is 5.79. The van der Waals surface area contributed by atoms with Crippen molar-refractivity contribution in [3.63, 3.8) is 0 Å². The van der Waals surface area contributed by atoms with Crippen LogP contribution < -0.4 is 4.74 Å². The summed E-state index contributed by atoms with van der Waals surface area (Å²) in [6.45, 7) is 8.23. The maximum Gasteiger partial charge on any atom is 0.119 e. The van der Waals surface area contributed by atoms with Crippen molar-refractivity contribution in [3.8, 4) is 5.75 Å². The fourth-order valence-corrected chi connectivity index (χ4v) is 1.86. The Balaban J connectivity index is 2.63. The van der Waals surface area contributed by atoms with Crippen molar-refractivity contribution in [3.05, 3.63) is 42.1 Å². The molecule has 0 spiro atoms. The van der Waals surface area contributed by atoms with Crippen molar-refractivity contribution in [2.45, 2.75) is 20.3 Å². The molecule has 2 heteroatoms. The Morgan fingerprint density at radius 1 is 1.35 bits per heavy atom. The molecule has 0 saturated carbocycles. The van der Waals surface area contributed by atoms with Crippen molar-refractivity contribution >= 4 is 16.5 Å². The first-order chi connectivity index (χ1) is 8.15. The van der Waals surface area contributed by atoms with Gasteiger partial charge in [0.15, 0.2) is 0 Å². The van der Waals surface area contributed by atoms with E-state index < -0.39 is 0 Å². The second-order valence-electron chi connectivity index (χ2n) is 4.16. The van der Waals surface area contributed by atoms with E-state index in [-0.39, 0.29) is 0 Å². The molecule has 0 bridgehead atoms. The van der Waals surface area contributed by atoms with Gasteiger partial charge >= 0.3 is 0 Å². The number of hydrogen-bond donors (Lipinski definition) is 0. The third kappa shape index (κ3) is 2.16. The predicted molar refractivity (Wildman–Crippen MR) is 72.4 cm³/mol. The molecule has 0 aliphatic rings. The van der Waals surface area contributed by atoms with Gasteiger partial charge in [0.05, 0.1) is 18.3 Å². The molecule has 0 amide bonds. The molecule has 17 heavy (non-hydrogen) atoms. The fourth-order valence-electron chi connectivity index (χ4n) is 1.86. The lowest BCUT2D eigenvalue weighted by molar-refractivity contribution is 0.415. The highest BCUT2D eigenvalue weighted by Gasteiger charge is 2.05. The van der Waals surface area contributed by atoms with E-state index in [4.69, 9.17) is 4.74 Å². The van der Waals surface area contributed by atoms with Crippen molar-refractivity contribution in [2.75, 3.05) is 7.11 Å². The number of allylic oxidation sites excluding steroid dienone is 1. The molecular weight excluding hydrogens is 210 g/mol. The number of ether oxygens (including phenoxy) is 1. The molecule has 0 N–H and O–H groups in total. The van der Waals surface area contributed by atoms with Crippen LogP contribution in [-0.2, 0) is 0 Å². The number of benzene rings is 1. The van der Waals surface area contributed by atoms with Crippen LogP contribution in [0.3, 0.4) is 0 Å². The van der Waals surface area contributed by atoms with E-state index in [9.17, 15) is 0 Å². The number of methoxy groups -OCH3 is 1. The van der Waals surface area contributed by atoms with Crippen LogP contribution in [0.5, 0.6) is 5.75 Å². The molecule has 0 atom stereocenters. The van der Waals surface area contributed by atoms with Crippen molar-refractivity contribution in [2.24, 2.45) is 0 Å². The number of aryl methyl sites for hydroxylation is 1. The Kier molecular flexibility index (Phi) is 3.14. The van der Waals surface area contributed by atoms with Crippen LogP contribution in [0.4, 0.5) is 0 Å². The Morgan fingerprint density at radius 2 is 2.12 bits per heavy atom. The molecule has 0 aliphatic heterocycles. The van der Waals surface area contributed by atoms with E-state index in [0.29, 0.717) is 0 Å². The van der Waals surface area contributed by atoms with Crippen LogP contribution in [0.25, 0.3) is 16.5 Å². The average molecular weight is 227 g/mol. The van der Waals surface area contributed by atoms with Crippen molar-refractivity contribution in [1.29, 1.82) is 0 Å². The van der Waals surface area contributed by atoms with Gasteiger partial charge in [0.25, 0.3) is 0 Å². The maximum atomic E-state index is 5.23. The summed E-state index contributed by atoms with van der Waals surface area (Å²) in [6.07, 6.45) is 0.925. The van der Waals surface area contributed by atoms with Gasteiger partial charge < -0.3 is 4.74 Å². The first kappa shape index (κ1) is 11.6. The summed E-state index contributed by atoms with van der Waals surface area (Å²) in [5.74, 6) is 0.865. The molecule has 0 unspecified atom stereocenters. The van der Waals surface area contributed by atoms with Crippen molar-refractivity contribution < 1.29 is 4.74 Å². The summed E-state index contributed by atoms with van der Waals surface area (Å²) in [5.41, 5.74) is 4.27.